The van der Waals surface area contributed by atoms with Gasteiger partial charge in [0.1, 0.15) is 11.4 Å². The summed E-state index contributed by atoms with van der Waals surface area (Å²) in [6.07, 6.45) is 3.77. The SMILES string of the molecule is O=C1NC2(CC(c3ccccc3Cl)C2)C(=O)N1c1cncc2cccc(F)c12. The number of halogens is 2. The Bertz CT molecular complexity index is 1140. The van der Waals surface area contributed by atoms with Gasteiger partial charge in [-0.05, 0) is 36.5 Å². The minimum atomic E-state index is -0.978. The van der Waals surface area contributed by atoms with Gasteiger partial charge in [0, 0.05) is 22.0 Å². The zero-order valence-corrected chi connectivity index (χ0v) is 15.4. The van der Waals surface area contributed by atoms with Gasteiger partial charge in [-0.15, -0.1) is 0 Å². The van der Waals surface area contributed by atoms with Crippen LogP contribution in [0.1, 0.15) is 24.3 Å². The molecule has 0 radical (unpaired) electrons. The normalized spacial score (nSPS) is 23.9. The molecule has 28 heavy (non-hydrogen) atoms. The highest BCUT2D eigenvalue weighted by molar-refractivity contribution is 6.31. The Labute approximate surface area is 165 Å². The summed E-state index contributed by atoms with van der Waals surface area (Å²) in [6.45, 7) is 0. The van der Waals surface area contributed by atoms with Gasteiger partial charge in [0.2, 0.25) is 0 Å². The van der Waals surface area contributed by atoms with Crippen LogP contribution >= 0.6 is 11.6 Å². The quantitative estimate of drug-likeness (QED) is 0.654. The van der Waals surface area contributed by atoms with Crippen LogP contribution in [-0.4, -0.2) is 22.5 Å². The zero-order valence-electron chi connectivity index (χ0n) is 14.7. The smallest absolute Gasteiger partial charge is 0.323 e. The van der Waals surface area contributed by atoms with E-state index in [1.54, 1.807) is 12.1 Å². The van der Waals surface area contributed by atoms with Crippen molar-refractivity contribution in [2.24, 2.45) is 0 Å². The fourth-order valence-corrected chi connectivity index (χ4v) is 4.55. The lowest BCUT2D eigenvalue weighted by atomic mass is 9.65. The largest absolute Gasteiger partial charge is 0.329 e. The number of urea groups is 1. The maximum Gasteiger partial charge on any atom is 0.329 e. The van der Waals surface area contributed by atoms with E-state index in [2.05, 4.69) is 10.3 Å². The number of rotatable bonds is 2. The number of aromatic nitrogens is 1. The molecule has 1 spiro atoms. The van der Waals surface area contributed by atoms with Crippen molar-refractivity contribution in [2.75, 3.05) is 4.90 Å². The number of amides is 3. The van der Waals surface area contributed by atoms with Crippen LogP contribution in [0.25, 0.3) is 10.8 Å². The number of pyridine rings is 1. The summed E-state index contributed by atoms with van der Waals surface area (Å²) < 4.78 is 14.5. The van der Waals surface area contributed by atoms with Crippen molar-refractivity contribution < 1.29 is 14.0 Å². The number of anilines is 1. The summed E-state index contributed by atoms with van der Waals surface area (Å²) >= 11 is 6.27. The highest BCUT2D eigenvalue weighted by atomic mass is 35.5. The summed E-state index contributed by atoms with van der Waals surface area (Å²) in [4.78, 5) is 31.0. The number of nitrogens with zero attached hydrogens (tertiary/aromatic N) is 2. The molecule has 2 aromatic carbocycles. The molecule has 0 unspecified atom stereocenters. The van der Waals surface area contributed by atoms with Crippen molar-refractivity contribution in [1.82, 2.24) is 10.3 Å². The number of imide groups is 1. The predicted octanol–water partition coefficient (Wildman–Crippen LogP) is 4.40. The third kappa shape index (κ3) is 2.34. The Hall–Kier alpha value is -2.99. The van der Waals surface area contributed by atoms with Crippen LogP contribution in [0.3, 0.4) is 0 Å². The molecule has 2 heterocycles. The van der Waals surface area contributed by atoms with E-state index in [9.17, 15) is 14.0 Å². The molecule has 0 bridgehead atoms. The average Bonchev–Trinajstić information content (AvgIpc) is 2.91. The van der Waals surface area contributed by atoms with Crippen molar-refractivity contribution in [1.29, 1.82) is 0 Å². The highest BCUT2D eigenvalue weighted by Crippen LogP contribution is 2.50. The Morgan fingerprint density at radius 3 is 2.68 bits per heavy atom. The Morgan fingerprint density at radius 1 is 1.11 bits per heavy atom. The Kier molecular flexibility index (Phi) is 3.67. The van der Waals surface area contributed by atoms with Crippen LogP contribution < -0.4 is 10.2 Å². The van der Waals surface area contributed by atoms with Gasteiger partial charge < -0.3 is 5.32 Å². The summed E-state index contributed by atoms with van der Waals surface area (Å²) in [5, 5.41) is 4.20. The maximum atomic E-state index is 14.5. The van der Waals surface area contributed by atoms with Gasteiger partial charge in [-0.3, -0.25) is 9.78 Å². The van der Waals surface area contributed by atoms with Crippen molar-refractivity contribution in [3.63, 3.8) is 0 Å². The van der Waals surface area contributed by atoms with E-state index in [0.717, 1.165) is 10.5 Å². The van der Waals surface area contributed by atoms with Crippen LogP contribution in [0, 0.1) is 5.82 Å². The molecule has 2 fully saturated rings. The van der Waals surface area contributed by atoms with Gasteiger partial charge in [0.05, 0.1) is 11.9 Å². The summed E-state index contributed by atoms with van der Waals surface area (Å²) in [6, 6.07) is 11.5. The summed E-state index contributed by atoms with van der Waals surface area (Å²) in [7, 11) is 0. The Balaban J connectivity index is 1.50. The van der Waals surface area contributed by atoms with E-state index in [1.807, 2.05) is 24.3 Å². The van der Waals surface area contributed by atoms with Gasteiger partial charge in [-0.25, -0.2) is 14.1 Å². The minimum Gasteiger partial charge on any atom is -0.323 e. The molecule has 1 aromatic heterocycles. The molecule has 1 aliphatic carbocycles. The van der Waals surface area contributed by atoms with E-state index in [1.165, 1.54) is 18.5 Å². The van der Waals surface area contributed by atoms with E-state index >= 15 is 0 Å². The maximum absolute atomic E-state index is 14.5. The van der Waals surface area contributed by atoms with Crippen LogP contribution in [0.5, 0.6) is 0 Å². The van der Waals surface area contributed by atoms with Crippen molar-refractivity contribution >= 4 is 40.0 Å². The number of carbonyl (C=O) groups excluding carboxylic acids is 2. The van der Waals surface area contributed by atoms with E-state index in [4.69, 9.17) is 11.6 Å². The number of hydrogen-bond acceptors (Lipinski definition) is 3. The summed E-state index contributed by atoms with van der Waals surface area (Å²) in [5.41, 5.74) is 0.151. The first-order valence-electron chi connectivity index (χ1n) is 8.93. The standard InChI is InChI=1S/C21H15ClFN3O2/c22-15-6-2-1-5-14(15)13-8-21(9-13)19(27)26(20(28)25-21)17-11-24-10-12-4-3-7-16(23)18(12)17/h1-7,10-11,13H,8-9H2,(H,25,28). The first-order chi connectivity index (χ1) is 13.5. The lowest BCUT2D eigenvalue weighted by Crippen LogP contribution is -2.56. The molecule has 5 nitrogen and oxygen atoms in total. The number of hydrogen-bond donors (Lipinski definition) is 1. The molecular formula is C21H15ClFN3O2. The molecule has 3 amide bonds. The van der Waals surface area contributed by atoms with Gasteiger partial charge in [-0.1, -0.05) is 41.9 Å². The molecule has 2 aliphatic rings. The van der Waals surface area contributed by atoms with Crippen LogP contribution in [0.2, 0.25) is 5.02 Å². The monoisotopic (exact) mass is 395 g/mol. The number of fused-ring (bicyclic) bond motifs is 1. The predicted molar refractivity (Wildman–Crippen MR) is 104 cm³/mol. The number of nitrogens with one attached hydrogen (secondary N) is 1. The molecule has 1 aliphatic heterocycles. The molecule has 5 rings (SSSR count). The molecule has 1 saturated carbocycles. The average molecular weight is 396 g/mol. The third-order valence-corrected chi connectivity index (χ3v) is 5.99. The minimum absolute atomic E-state index is 0.0836. The molecule has 140 valence electrons. The molecule has 0 atom stereocenters. The molecular weight excluding hydrogens is 381 g/mol. The van der Waals surface area contributed by atoms with Gasteiger partial charge in [0.15, 0.2) is 0 Å². The summed E-state index contributed by atoms with van der Waals surface area (Å²) in [5.74, 6) is -0.794. The molecule has 1 N–H and O–H groups in total. The van der Waals surface area contributed by atoms with Crippen LogP contribution in [0.4, 0.5) is 14.9 Å². The second-order valence-electron chi connectivity index (χ2n) is 7.28. The fraction of sp³-hybridized carbons (Fsp3) is 0.190. The number of carbonyl (C=O) groups is 2. The van der Waals surface area contributed by atoms with Crippen LogP contribution in [0.15, 0.2) is 54.9 Å². The van der Waals surface area contributed by atoms with Crippen molar-refractivity contribution in [3.05, 3.63) is 71.3 Å². The topological polar surface area (TPSA) is 62.3 Å². The number of benzene rings is 2. The first kappa shape index (κ1) is 17.1. The van der Waals surface area contributed by atoms with Crippen molar-refractivity contribution in [2.45, 2.75) is 24.3 Å². The van der Waals surface area contributed by atoms with Gasteiger partial charge >= 0.3 is 6.03 Å². The fourth-order valence-electron chi connectivity index (χ4n) is 4.26. The van der Waals surface area contributed by atoms with E-state index < -0.39 is 17.4 Å². The second-order valence-corrected chi connectivity index (χ2v) is 7.68. The third-order valence-electron chi connectivity index (χ3n) is 5.65. The van der Waals surface area contributed by atoms with E-state index in [0.29, 0.717) is 23.3 Å². The van der Waals surface area contributed by atoms with E-state index in [-0.39, 0.29) is 22.9 Å². The Morgan fingerprint density at radius 2 is 1.89 bits per heavy atom. The second kappa shape index (κ2) is 6.01. The molecule has 1 saturated heterocycles. The zero-order chi connectivity index (χ0) is 19.5. The highest BCUT2D eigenvalue weighted by Gasteiger charge is 2.59. The van der Waals surface area contributed by atoms with Crippen molar-refractivity contribution in [3.8, 4) is 0 Å². The lowest BCUT2D eigenvalue weighted by molar-refractivity contribution is -0.125. The molecule has 3 aromatic rings. The van der Waals surface area contributed by atoms with Gasteiger partial charge in [-0.2, -0.15) is 0 Å². The molecule has 7 heteroatoms. The van der Waals surface area contributed by atoms with Gasteiger partial charge in [0.25, 0.3) is 5.91 Å². The lowest BCUT2D eigenvalue weighted by Gasteiger charge is -2.43. The van der Waals surface area contributed by atoms with Crippen LogP contribution in [-0.2, 0) is 4.79 Å². The first-order valence-corrected chi connectivity index (χ1v) is 9.31.